The quantitative estimate of drug-likeness (QED) is 0.915. The fourth-order valence-corrected chi connectivity index (χ4v) is 2.99. The van der Waals surface area contributed by atoms with Crippen molar-refractivity contribution in [3.63, 3.8) is 0 Å². The molecule has 0 aromatic heterocycles. The number of nitrogens with zero attached hydrogens (tertiary/aromatic N) is 1. The molecule has 6 heteroatoms. The number of sulfonamides is 1. The SMILES string of the molecule is CCc1ccc(C(=O)Nc2cccc(S(=O)(=O)N(C)C)c2)cc1. The van der Waals surface area contributed by atoms with Crippen LogP contribution in [0.5, 0.6) is 0 Å². The van der Waals surface area contributed by atoms with Gasteiger partial charge in [-0.2, -0.15) is 0 Å². The van der Waals surface area contributed by atoms with Crippen LogP contribution in [0.4, 0.5) is 5.69 Å². The van der Waals surface area contributed by atoms with Crippen LogP contribution in [0.1, 0.15) is 22.8 Å². The van der Waals surface area contributed by atoms with Crippen LogP contribution in [0.2, 0.25) is 0 Å². The van der Waals surface area contributed by atoms with Gasteiger partial charge in [0.25, 0.3) is 5.91 Å². The topological polar surface area (TPSA) is 66.5 Å². The first-order valence-corrected chi connectivity index (χ1v) is 8.71. The molecular formula is C17H20N2O3S. The number of hydrogen-bond acceptors (Lipinski definition) is 3. The number of nitrogens with one attached hydrogen (secondary N) is 1. The molecule has 0 aliphatic heterocycles. The van der Waals surface area contributed by atoms with Gasteiger partial charge in [-0.3, -0.25) is 4.79 Å². The summed E-state index contributed by atoms with van der Waals surface area (Å²) in [7, 11) is -0.591. The number of carbonyl (C=O) groups is 1. The average molecular weight is 332 g/mol. The molecule has 0 aliphatic rings. The summed E-state index contributed by atoms with van der Waals surface area (Å²) in [5.41, 5.74) is 2.13. The molecule has 0 spiro atoms. The lowest BCUT2D eigenvalue weighted by atomic mass is 10.1. The first-order chi connectivity index (χ1) is 10.8. The van der Waals surface area contributed by atoms with Gasteiger partial charge in [0, 0.05) is 25.3 Å². The van der Waals surface area contributed by atoms with Gasteiger partial charge < -0.3 is 5.32 Å². The minimum absolute atomic E-state index is 0.140. The molecule has 5 nitrogen and oxygen atoms in total. The van der Waals surface area contributed by atoms with E-state index < -0.39 is 10.0 Å². The van der Waals surface area contributed by atoms with Crippen LogP contribution in [0.25, 0.3) is 0 Å². The highest BCUT2D eigenvalue weighted by atomic mass is 32.2. The van der Waals surface area contributed by atoms with Crippen LogP contribution in [0.3, 0.4) is 0 Å². The zero-order valence-electron chi connectivity index (χ0n) is 13.4. The lowest BCUT2D eigenvalue weighted by molar-refractivity contribution is 0.102. The summed E-state index contributed by atoms with van der Waals surface area (Å²) < 4.78 is 25.4. The van der Waals surface area contributed by atoms with Crippen LogP contribution >= 0.6 is 0 Å². The smallest absolute Gasteiger partial charge is 0.255 e. The molecule has 0 radical (unpaired) electrons. The highest BCUT2D eigenvalue weighted by molar-refractivity contribution is 7.89. The summed E-state index contributed by atoms with van der Waals surface area (Å²) >= 11 is 0. The Morgan fingerprint density at radius 2 is 1.74 bits per heavy atom. The normalized spacial score (nSPS) is 11.5. The van der Waals surface area contributed by atoms with E-state index in [0.717, 1.165) is 16.3 Å². The second-order valence-electron chi connectivity index (χ2n) is 5.32. The van der Waals surface area contributed by atoms with Crippen molar-refractivity contribution >= 4 is 21.6 Å². The zero-order chi connectivity index (χ0) is 17.0. The summed E-state index contributed by atoms with van der Waals surface area (Å²) in [4.78, 5) is 12.4. The maximum Gasteiger partial charge on any atom is 0.255 e. The van der Waals surface area contributed by atoms with Gasteiger partial charge in [-0.15, -0.1) is 0 Å². The maximum atomic E-state index is 12.2. The van der Waals surface area contributed by atoms with Crippen molar-refractivity contribution in [1.82, 2.24) is 4.31 Å². The van der Waals surface area contributed by atoms with Gasteiger partial charge in [0.15, 0.2) is 0 Å². The summed E-state index contributed by atoms with van der Waals surface area (Å²) in [6.07, 6.45) is 0.909. The Hall–Kier alpha value is -2.18. The number of amides is 1. The highest BCUT2D eigenvalue weighted by Gasteiger charge is 2.17. The van der Waals surface area contributed by atoms with Crippen molar-refractivity contribution in [2.75, 3.05) is 19.4 Å². The minimum Gasteiger partial charge on any atom is -0.322 e. The zero-order valence-corrected chi connectivity index (χ0v) is 14.2. The standard InChI is InChI=1S/C17H20N2O3S/c1-4-13-8-10-14(11-9-13)17(20)18-15-6-5-7-16(12-15)23(21,22)19(2)3/h5-12H,4H2,1-3H3,(H,18,20). The van der Waals surface area contributed by atoms with Gasteiger partial charge in [0.05, 0.1) is 4.90 Å². The van der Waals surface area contributed by atoms with Crippen LogP contribution in [-0.2, 0) is 16.4 Å². The van der Waals surface area contributed by atoms with Crippen molar-refractivity contribution in [2.45, 2.75) is 18.2 Å². The number of carbonyl (C=O) groups excluding carboxylic acids is 1. The Morgan fingerprint density at radius 1 is 1.09 bits per heavy atom. The molecule has 0 saturated carbocycles. The number of hydrogen-bond donors (Lipinski definition) is 1. The molecular weight excluding hydrogens is 312 g/mol. The predicted molar refractivity (Wildman–Crippen MR) is 91.1 cm³/mol. The predicted octanol–water partition coefficient (Wildman–Crippen LogP) is 2.75. The van der Waals surface area contributed by atoms with Gasteiger partial charge in [0.1, 0.15) is 0 Å². The summed E-state index contributed by atoms with van der Waals surface area (Å²) in [5, 5.41) is 2.73. The lowest BCUT2D eigenvalue weighted by Crippen LogP contribution is -2.22. The van der Waals surface area contributed by atoms with Gasteiger partial charge in [0.2, 0.25) is 10.0 Å². The molecule has 0 heterocycles. The third kappa shape index (κ3) is 3.97. The number of anilines is 1. The molecule has 0 fully saturated rings. The van der Waals surface area contributed by atoms with E-state index in [4.69, 9.17) is 0 Å². The fraction of sp³-hybridized carbons (Fsp3) is 0.235. The van der Waals surface area contributed by atoms with Crippen molar-refractivity contribution < 1.29 is 13.2 Å². The van der Waals surface area contributed by atoms with Gasteiger partial charge in [-0.1, -0.05) is 25.1 Å². The minimum atomic E-state index is -3.53. The third-order valence-electron chi connectivity index (χ3n) is 3.49. The molecule has 2 rings (SSSR count). The van der Waals surface area contributed by atoms with Crippen LogP contribution in [0.15, 0.2) is 53.4 Å². The molecule has 0 aliphatic carbocycles. The maximum absolute atomic E-state index is 12.2. The molecule has 0 saturated heterocycles. The Labute approximate surface area is 137 Å². The molecule has 0 bridgehead atoms. The fourth-order valence-electron chi connectivity index (χ4n) is 2.04. The third-order valence-corrected chi connectivity index (χ3v) is 5.31. The van der Waals surface area contributed by atoms with E-state index in [1.165, 1.54) is 26.2 Å². The molecule has 2 aromatic rings. The Kier molecular flexibility index (Phi) is 5.18. The Balaban J connectivity index is 2.21. The first-order valence-electron chi connectivity index (χ1n) is 7.27. The molecule has 0 unspecified atom stereocenters. The number of aryl methyl sites for hydroxylation is 1. The van der Waals surface area contributed by atoms with E-state index in [1.807, 2.05) is 19.1 Å². The molecule has 1 N–H and O–H groups in total. The second-order valence-corrected chi connectivity index (χ2v) is 7.47. The Bertz CT molecular complexity index is 797. The van der Waals surface area contributed by atoms with E-state index in [-0.39, 0.29) is 10.8 Å². The van der Waals surface area contributed by atoms with E-state index in [0.29, 0.717) is 11.3 Å². The monoisotopic (exact) mass is 332 g/mol. The molecule has 23 heavy (non-hydrogen) atoms. The lowest BCUT2D eigenvalue weighted by Gasteiger charge is -2.12. The van der Waals surface area contributed by atoms with E-state index in [1.54, 1.807) is 24.3 Å². The van der Waals surface area contributed by atoms with E-state index in [2.05, 4.69) is 5.32 Å². The number of benzene rings is 2. The second kappa shape index (κ2) is 6.93. The summed E-state index contributed by atoms with van der Waals surface area (Å²) in [6.45, 7) is 2.05. The van der Waals surface area contributed by atoms with Crippen LogP contribution in [-0.4, -0.2) is 32.7 Å². The van der Waals surface area contributed by atoms with Crippen LogP contribution < -0.4 is 5.32 Å². The largest absolute Gasteiger partial charge is 0.322 e. The van der Waals surface area contributed by atoms with E-state index in [9.17, 15) is 13.2 Å². The van der Waals surface area contributed by atoms with Crippen LogP contribution in [0, 0.1) is 0 Å². The van der Waals surface area contributed by atoms with Crippen molar-refractivity contribution in [2.24, 2.45) is 0 Å². The molecule has 122 valence electrons. The Morgan fingerprint density at radius 3 is 2.30 bits per heavy atom. The van der Waals surface area contributed by atoms with Gasteiger partial charge >= 0.3 is 0 Å². The molecule has 1 amide bonds. The molecule has 0 atom stereocenters. The van der Waals surface area contributed by atoms with E-state index >= 15 is 0 Å². The van der Waals surface area contributed by atoms with Crippen molar-refractivity contribution in [1.29, 1.82) is 0 Å². The van der Waals surface area contributed by atoms with Crippen molar-refractivity contribution in [3.8, 4) is 0 Å². The highest BCUT2D eigenvalue weighted by Crippen LogP contribution is 2.18. The average Bonchev–Trinajstić information content (AvgIpc) is 2.55. The molecule has 2 aromatic carbocycles. The first kappa shape index (κ1) is 17.2. The van der Waals surface area contributed by atoms with Gasteiger partial charge in [-0.05, 0) is 42.3 Å². The van der Waals surface area contributed by atoms with Gasteiger partial charge in [-0.25, -0.2) is 12.7 Å². The number of rotatable bonds is 5. The summed E-state index contributed by atoms with van der Waals surface area (Å²) in [5.74, 6) is -0.271. The van der Waals surface area contributed by atoms with Crippen molar-refractivity contribution in [3.05, 3.63) is 59.7 Å². The summed E-state index contributed by atoms with van der Waals surface area (Å²) in [6, 6.07) is 13.5.